The van der Waals surface area contributed by atoms with Crippen LogP contribution in [-0.2, 0) is 51.4 Å². The molecule has 5 rings (SSSR count). The molecule has 0 aromatic heterocycles. The second kappa shape index (κ2) is 16.4. The van der Waals surface area contributed by atoms with Crippen LogP contribution < -0.4 is 0 Å². The van der Waals surface area contributed by atoms with Gasteiger partial charge in [0.25, 0.3) is 0 Å². The van der Waals surface area contributed by atoms with Gasteiger partial charge in [-0.3, -0.25) is 0 Å². The van der Waals surface area contributed by atoms with Gasteiger partial charge < -0.3 is 0 Å². The zero-order chi connectivity index (χ0) is 34.4. The van der Waals surface area contributed by atoms with Gasteiger partial charge in [0.05, 0.1) is 11.6 Å². The topological polar surface area (TPSA) is 23.8 Å². The molecule has 0 heterocycles. The summed E-state index contributed by atoms with van der Waals surface area (Å²) in [6.45, 7) is 18.6. The molecule has 0 saturated carbocycles. The molecule has 0 spiro atoms. The summed E-state index contributed by atoms with van der Waals surface area (Å²) in [6.07, 6.45) is 17.9. The highest BCUT2D eigenvalue weighted by Crippen LogP contribution is 2.43. The third-order valence-electron chi connectivity index (χ3n) is 11.3. The van der Waals surface area contributed by atoms with Crippen molar-refractivity contribution in [1.82, 2.24) is 0 Å². The van der Waals surface area contributed by atoms with Crippen LogP contribution in [0.4, 0.5) is 0 Å². The fraction of sp³-hybridized carbons (Fsp3) is 0.511. The molecule has 5 aromatic carbocycles. The molecule has 254 valence electrons. The van der Waals surface area contributed by atoms with Gasteiger partial charge in [-0.25, -0.2) is 0 Å². The van der Waals surface area contributed by atoms with Gasteiger partial charge in [0.2, 0.25) is 0 Å². The largest absolute Gasteiger partial charge is 0.192 e. The maximum Gasteiger partial charge on any atom is 0.0994 e. The Morgan fingerprint density at radius 1 is 0.375 bits per heavy atom. The molecular weight excluding hydrogens is 579 g/mol. The summed E-state index contributed by atoms with van der Waals surface area (Å²) in [5.74, 6) is 0. The summed E-state index contributed by atoms with van der Waals surface area (Å²) in [4.78, 5) is 0. The van der Waals surface area contributed by atoms with E-state index >= 15 is 0 Å². The van der Waals surface area contributed by atoms with Gasteiger partial charge in [0, 0.05) is 0 Å². The zero-order valence-corrected chi connectivity index (χ0v) is 31.6. The molecule has 1 nitrogen and oxygen atoms in total. The highest BCUT2D eigenvalue weighted by Gasteiger charge is 2.22. The molecule has 0 bridgehead atoms. The van der Waals surface area contributed by atoms with Crippen LogP contribution in [0.1, 0.15) is 157 Å². The van der Waals surface area contributed by atoms with E-state index in [-0.39, 0.29) is 0 Å². The molecule has 0 unspecified atom stereocenters. The molecule has 0 aliphatic heterocycles. The number of rotatable bonds is 16. The lowest BCUT2D eigenvalue weighted by Crippen LogP contribution is -2.06. The Labute approximate surface area is 292 Å². The third kappa shape index (κ3) is 6.50. The van der Waals surface area contributed by atoms with Crippen molar-refractivity contribution in [2.75, 3.05) is 0 Å². The minimum atomic E-state index is 0.896. The van der Waals surface area contributed by atoms with E-state index in [1.165, 1.54) is 85.5 Å². The monoisotopic (exact) mass is 639 g/mol. The second-order valence-electron chi connectivity index (χ2n) is 14.3. The van der Waals surface area contributed by atoms with Crippen molar-refractivity contribution in [1.29, 1.82) is 5.26 Å². The van der Waals surface area contributed by atoms with Crippen molar-refractivity contribution in [3.8, 4) is 6.07 Å². The van der Waals surface area contributed by atoms with Gasteiger partial charge in [-0.15, -0.1) is 0 Å². The van der Waals surface area contributed by atoms with E-state index < -0.39 is 0 Å². The highest BCUT2D eigenvalue weighted by atomic mass is 14.3. The Hall–Kier alpha value is -3.37. The Balaban J connectivity index is 2.05. The van der Waals surface area contributed by atoms with Gasteiger partial charge in [0.1, 0.15) is 0 Å². The van der Waals surface area contributed by atoms with Crippen molar-refractivity contribution in [2.45, 2.75) is 158 Å². The van der Waals surface area contributed by atoms with Gasteiger partial charge in [-0.1, -0.05) is 81.1 Å². The van der Waals surface area contributed by atoms with Crippen molar-refractivity contribution in [3.63, 3.8) is 0 Å². The Kier molecular flexibility index (Phi) is 12.2. The summed E-state index contributed by atoms with van der Waals surface area (Å²) in [6, 6.07) is 15.3. The summed E-state index contributed by atoms with van der Waals surface area (Å²) in [5, 5.41) is 22.0. The molecule has 0 aliphatic carbocycles. The van der Waals surface area contributed by atoms with E-state index in [4.69, 9.17) is 0 Å². The molecule has 0 radical (unpaired) electrons. The van der Waals surface area contributed by atoms with Crippen LogP contribution in [0.25, 0.3) is 43.1 Å². The summed E-state index contributed by atoms with van der Waals surface area (Å²) >= 11 is 0. The fourth-order valence-electron chi connectivity index (χ4n) is 8.88. The molecule has 0 N–H and O–H groups in total. The van der Waals surface area contributed by atoms with Gasteiger partial charge in [-0.2, -0.15) is 5.26 Å². The standard InChI is InChI=1S/C47H61N/c1-9-17-21-31-25-32(30-48)37(22-18-10-2)43-29-47-39(24-20-12-4)46-28-42-36(16-8)34(14-6)33(13-5)35(15-7)41(42)27-45(46)38(23-19-11-3)44(47)26-40(31)43/h25-29H,9-24H2,1-8H3. The van der Waals surface area contributed by atoms with Gasteiger partial charge >= 0.3 is 0 Å². The average Bonchev–Trinajstić information content (AvgIpc) is 3.11. The lowest BCUT2D eigenvalue weighted by molar-refractivity contribution is 0.790. The molecule has 0 fully saturated rings. The fourth-order valence-corrected chi connectivity index (χ4v) is 8.88. The Morgan fingerprint density at radius 3 is 1.08 bits per heavy atom. The summed E-state index contributed by atoms with van der Waals surface area (Å²) < 4.78 is 0. The summed E-state index contributed by atoms with van der Waals surface area (Å²) in [7, 11) is 0. The molecule has 0 atom stereocenters. The van der Waals surface area contributed by atoms with Crippen LogP contribution in [0.5, 0.6) is 0 Å². The van der Waals surface area contributed by atoms with Crippen molar-refractivity contribution >= 4 is 43.1 Å². The normalized spacial score (nSPS) is 11.8. The SMILES string of the molecule is CCCCc1cc(C#N)c(CCCC)c2cc3c(CCCC)c4cc5c(CC)c(CC)c(CC)c(CC)c5cc4c(CCCC)c3cc12. The summed E-state index contributed by atoms with van der Waals surface area (Å²) in [5.41, 5.74) is 12.9. The molecular formula is C47H61N. The predicted octanol–water partition coefficient (Wildman–Crippen LogP) is 13.8. The number of benzene rings is 5. The maximum absolute atomic E-state index is 10.4. The van der Waals surface area contributed by atoms with E-state index in [9.17, 15) is 5.26 Å². The molecule has 48 heavy (non-hydrogen) atoms. The third-order valence-corrected chi connectivity index (χ3v) is 11.3. The van der Waals surface area contributed by atoms with Crippen LogP contribution in [0.2, 0.25) is 0 Å². The van der Waals surface area contributed by atoms with Crippen LogP contribution in [0.3, 0.4) is 0 Å². The molecule has 0 aliphatic rings. The number of nitrogens with zero attached hydrogens (tertiary/aromatic N) is 1. The van der Waals surface area contributed by atoms with Crippen LogP contribution >= 0.6 is 0 Å². The van der Waals surface area contributed by atoms with E-state index in [2.05, 4.69) is 91.8 Å². The average molecular weight is 640 g/mol. The smallest absolute Gasteiger partial charge is 0.0994 e. The van der Waals surface area contributed by atoms with Crippen molar-refractivity contribution in [2.24, 2.45) is 0 Å². The number of aryl methyl sites for hydroxylation is 6. The van der Waals surface area contributed by atoms with E-state index in [1.807, 2.05) is 0 Å². The molecule has 5 aromatic rings. The van der Waals surface area contributed by atoms with Crippen LogP contribution in [0.15, 0.2) is 30.3 Å². The Bertz CT molecular complexity index is 1960. The zero-order valence-electron chi connectivity index (χ0n) is 31.6. The first-order valence-electron chi connectivity index (χ1n) is 19.8. The Morgan fingerprint density at radius 2 is 0.708 bits per heavy atom. The minimum Gasteiger partial charge on any atom is -0.192 e. The van der Waals surface area contributed by atoms with Crippen LogP contribution in [0, 0.1) is 11.3 Å². The number of unbranched alkanes of at least 4 members (excludes halogenated alkanes) is 4. The van der Waals surface area contributed by atoms with E-state index in [1.54, 1.807) is 27.8 Å². The van der Waals surface area contributed by atoms with Gasteiger partial charge in [-0.05, 0) is 195 Å². The van der Waals surface area contributed by atoms with E-state index in [0.29, 0.717) is 0 Å². The highest BCUT2D eigenvalue weighted by molar-refractivity contribution is 6.15. The molecule has 0 amide bonds. The van der Waals surface area contributed by atoms with Crippen LogP contribution in [-0.4, -0.2) is 0 Å². The second-order valence-corrected chi connectivity index (χ2v) is 14.3. The number of hydrogen-bond acceptors (Lipinski definition) is 1. The number of hydrogen-bond donors (Lipinski definition) is 0. The van der Waals surface area contributed by atoms with Gasteiger partial charge in [0.15, 0.2) is 0 Å². The number of fused-ring (bicyclic) bond motifs is 4. The van der Waals surface area contributed by atoms with Crippen molar-refractivity contribution < 1.29 is 0 Å². The first-order chi connectivity index (χ1) is 23.5. The molecule has 1 heteroatoms. The lowest BCUT2D eigenvalue weighted by Gasteiger charge is -2.24. The van der Waals surface area contributed by atoms with Crippen molar-refractivity contribution in [3.05, 3.63) is 80.4 Å². The maximum atomic E-state index is 10.4. The predicted molar refractivity (Wildman–Crippen MR) is 213 cm³/mol. The number of nitriles is 1. The lowest BCUT2D eigenvalue weighted by atomic mass is 9.80. The minimum absolute atomic E-state index is 0.896. The first kappa shape index (κ1) is 35.9. The quantitative estimate of drug-likeness (QED) is 0.0986. The van der Waals surface area contributed by atoms with E-state index in [0.717, 1.165) is 82.6 Å². The first-order valence-corrected chi connectivity index (χ1v) is 19.8. The molecule has 0 saturated heterocycles.